The number of rotatable bonds is 3. The molecule has 0 fully saturated rings. The van der Waals surface area contributed by atoms with Crippen molar-refractivity contribution in [2.45, 2.75) is 18.5 Å². The molecule has 0 saturated carbocycles. The van der Waals surface area contributed by atoms with E-state index in [1.54, 1.807) is 0 Å². The van der Waals surface area contributed by atoms with Crippen molar-refractivity contribution in [1.29, 1.82) is 0 Å². The Bertz CT molecular complexity index is 269. The molecule has 0 aliphatic carbocycles. The zero-order chi connectivity index (χ0) is 10.9. The van der Waals surface area contributed by atoms with Gasteiger partial charge in [-0.05, 0) is 0 Å². The van der Waals surface area contributed by atoms with Crippen LogP contribution in [0.15, 0.2) is 0 Å². The summed E-state index contributed by atoms with van der Waals surface area (Å²) < 4.78 is 78.4. The van der Waals surface area contributed by atoms with Gasteiger partial charge < -0.3 is 0 Å². The van der Waals surface area contributed by atoms with E-state index < -0.39 is 33.3 Å². The summed E-state index contributed by atoms with van der Waals surface area (Å²) in [7, 11) is 0.135. The van der Waals surface area contributed by atoms with Gasteiger partial charge in [-0.3, -0.25) is 0 Å². The van der Waals surface area contributed by atoms with Crippen LogP contribution in [0.1, 0.15) is 6.42 Å². The first-order valence-corrected chi connectivity index (χ1v) is 5.30. The molecule has 0 atom stereocenters. The fraction of sp³-hybridized carbons (Fsp3) is 1.00. The summed E-state index contributed by atoms with van der Waals surface area (Å²) in [6, 6.07) is 0. The first kappa shape index (κ1) is 12.9. The first-order chi connectivity index (χ1) is 5.46. The molecule has 0 saturated heterocycles. The smallest absolute Gasteiger partial charge is 0.212 e. The lowest BCUT2D eigenvalue weighted by molar-refractivity contribution is -0.282. The highest BCUT2D eigenvalue weighted by Crippen LogP contribution is 2.38. The van der Waals surface area contributed by atoms with Gasteiger partial charge in [0.15, 0.2) is 0 Å². The zero-order valence-electron chi connectivity index (χ0n) is 5.91. The van der Waals surface area contributed by atoms with Gasteiger partial charge in [0.1, 0.15) is 0 Å². The van der Waals surface area contributed by atoms with Crippen molar-refractivity contribution in [1.82, 2.24) is 0 Å². The highest BCUT2D eigenvalue weighted by Gasteiger charge is 2.57. The Morgan fingerprint density at radius 3 is 1.69 bits per heavy atom. The Morgan fingerprint density at radius 1 is 1.08 bits per heavy atom. The molecule has 0 N–H and O–H groups in total. The number of alkyl halides is 5. The Kier molecular flexibility index (Phi) is 3.53. The van der Waals surface area contributed by atoms with Gasteiger partial charge in [0.25, 0.3) is 0 Å². The van der Waals surface area contributed by atoms with Crippen molar-refractivity contribution in [3.63, 3.8) is 0 Å². The summed E-state index contributed by atoms with van der Waals surface area (Å²) in [4.78, 5) is 0. The van der Waals surface area contributed by atoms with Crippen molar-refractivity contribution in [2.75, 3.05) is 5.75 Å². The van der Waals surface area contributed by atoms with Crippen LogP contribution in [0.4, 0.5) is 22.0 Å². The van der Waals surface area contributed by atoms with E-state index in [1.807, 2.05) is 0 Å². The lowest BCUT2D eigenvalue weighted by atomic mass is 10.2. The maximum Gasteiger partial charge on any atom is 0.453 e. The fourth-order valence-corrected chi connectivity index (χ4v) is 1.12. The second-order valence-corrected chi connectivity index (χ2v) is 5.09. The van der Waals surface area contributed by atoms with Crippen LogP contribution in [0.25, 0.3) is 0 Å². The Labute approximate surface area is 75.1 Å². The second kappa shape index (κ2) is 3.56. The average Bonchev–Trinajstić information content (AvgIpc) is 1.79. The molecule has 0 radical (unpaired) electrons. The molecule has 0 unspecified atom stereocenters. The highest BCUT2D eigenvalue weighted by atomic mass is 35.7. The van der Waals surface area contributed by atoms with Crippen LogP contribution in [-0.4, -0.2) is 26.3 Å². The van der Waals surface area contributed by atoms with Crippen LogP contribution in [-0.2, 0) is 9.05 Å². The van der Waals surface area contributed by atoms with Crippen LogP contribution in [0, 0.1) is 0 Å². The fourth-order valence-electron chi connectivity index (χ4n) is 0.392. The number of halogens is 6. The third-order valence-corrected chi connectivity index (χ3v) is 2.23. The van der Waals surface area contributed by atoms with E-state index in [0.717, 1.165) is 0 Å². The van der Waals surface area contributed by atoms with E-state index in [-0.39, 0.29) is 0 Å². The average molecular weight is 247 g/mol. The standard InChI is InChI=1S/C4H4ClF5O2S/c5-13(11,12)2-1-3(6,7)4(8,9)10/h1-2H2. The molecule has 9 heteroatoms. The molecule has 0 aliphatic rings. The molecule has 0 amide bonds. The van der Waals surface area contributed by atoms with Crippen molar-refractivity contribution >= 4 is 19.7 Å². The number of hydrogen-bond acceptors (Lipinski definition) is 2. The molecular formula is C4H4ClF5O2S. The lowest BCUT2D eigenvalue weighted by Crippen LogP contribution is -2.37. The molecule has 0 bridgehead atoms. The van der Waals surface area contributed by atoms with E-state index >= 15 is 0 Å². The van der Waals surface area contributed by atoms with Crippen molar-refractivity contribution in [3.8, 4) is 0 Å². The SMILES string of the molecule is O=S(=O)(Cl)CCC(F)(F)C(F)(F)F. The highest BCUT2D eigenvalue weighted by molar-refractivity contribution is 8.13. The normalized spacial score (nSPS) is 14.6. The minimum Gasteiger partial charge on any atom is -0.212 e. The second-order valence-electron chi connectivity index (χ2n) is 2.20. The maximum atomic E-state index is 12.0. The largest absolute Gasteiger partial charge is 0.453 e. The molecule has 0 aromatic heterocycles. The monoisotopic (exact) mass is 246 g/mol. The molecular weight excluding hydrogens is 243 g/mol. The van der Waals surface area contributed by atoms with Gasteiger partial charge in [-0.1, -0.05) is 0 Å². The molecule has 80 valence electrons. The summed E-state index contributed by atoms with van der Waals surface area (Å²) in [5.41, 5.74) is 0. The van der Waals surface area contributed by atoms with Gasteiger partial charge in [-0.15, -0.1) is 0 Å². The third kappa shape index (κ3) is 4.61. The van der Waals surface area contributed by atoms with Crippen LogP contribution in [0.2, 0.25) is 0 Å². The van der Waals surface area contributed by atoms with Gasteiger partial charge in [0.05, 0.1) is 5.75 Å². The molecule has 0 aromatic rings. The summed E-state index contributed by atoms with van der Waals surface area (Å²) in [5, 5.41) is 0. The Morgan fingerprint density at radius 2 is 1.46 bits per heavy atom. The lowest BCUT2D eigenvalue weighted by Gasteiger charge is -2.18. The summed E-state index contributed by atoms with van der Waals surface area (Å²) in [5.74, 6) is -6.43. The van der Waals surface area contributed by atoms with Crippen molar-refractivity contribution < 1.29 is 30.4 Å². The van der Waals surface area contributed by atoms with E-state index in [9.17, 15) is 30.4 Å². The molecule has 0 spiro atoms. The topological polar surface area (TPSA) is 34.1 Å². The van der Waals surface area contributed by atoms with E-state index in [0.29, 0.717) is 0 Å². The first-order valence-electron chi connectivity index (χ1n) is 2.82. The molecule has 0 heterocycles. The van der Waals surface area contributed by atoms with Gasteiger partial charge in [0.2, 0.25) is 9.05 Å². The summed E-state index contributed by atoms with van der Waals surface area (Å²) in [6.07, 6.45) is -7.60. The predicted octanol–water partition coefficient (Wildman–Crippen LogP) is 2.14. The number of hydrogen-bond donors (Lipinski definition) is 0. The minimum absolute atomic E-state index is 1.42. The quantitative estimate of drug-likeness (QED) is 0.565. The van der Waals surface area contributed by atoms with E-state index in [1.165, 1.54) is 0 Å². The van der Waals surface area contributed by atoms with Gasteiger partial charge in [-0.2, -0.15) is 22.0 Å². The van der Waals surface area contributed by atoms with E-state index in [2.05, 4.69) is 10.7 Å². The van der Waals surface area contributed by atoms with Crippen molar-refractivity contribution in [3.05, 3.63) is 0 Å². The van der Waals surface area contributed by atoms with Crippen LogP contribution in [0.5, 0.6) is 0 Å². The third-order valence-electron chi connectivity index (χ3n) is 1.07. The van der Waals surface area contributed by atoms with Crippen molar-refractivity contribution in [2.24, 2.45) is 0 Å². The Balaban J connectivity index is 4.38. The van der Waals surface area contributed by atoms with Gasteiger partial charge in [0, 0.05) is 17.1 Å². The van der Waals surface area contributed by atoms with Gasteiger partial charge in [-0.25, -0.2) is 8.42 Å². The molecule has 0 aromatic carbocycles. The van der Waals surface area contributed by atoms with Gasteiger partial charge >= 0.3 is 12.1 Å². The maximum absolute atomic E-state index is 12.0. The Hall–Kier alpha value is -0.110. The summed E-state index contributed by atoms with van der Waals surface area (Å²) in [6.45, 7) is 0. The summed E-state index contributed by atoms with van der Waals surface area (Å²) >= 11 is 0. The van der Waals surface area contributed by atoms with Crippen LogP contribution >= 0.6 is 10.7 Å². The van der Waals surface area contributed by atoms with Crippen LogP contribution < -0.4 is 0 Å². The van der Waals surface area contributed by atoms with E-state index in [4.69, 9.17) is 0 Å². The molecule has 0 aliphatic heterocycles. The van der Waals surface area contributed by atoms with Crippen LogP contribution in [0.3, 0.4) is 0 Å². The zero-order valence-corrected chi connectivity index (χ0v) is 7.48. The molecule has 13 heavy (non-hydrogen) atoms. The minimum atomic E-state index is -5.74. The molecule has 2 nitrogen and oxygen atoms in total. The predicted molar refractivity (Wildman–Crippen MR) is 35.3 cm³/mol. The molecule has 0 rings (SSSR count).